The number of benzene rings is 3. The fourth-order valence-corrected chi connectivity index (χ4v) is 4.82. The smallest absolute Gasteiger partial charge is 0.234 e. The second kappa shape index (κ2) is 9.01. The van der Waals surface area contributed by atoms with E-state index in [2.05, 4.69) is 65.5 Å². The molecule has 5 rings (SSSR count). The highest BCUT2D eigenvalue weighted by atomic mass is 32.2. The van der Waals surface area contributed by atoms with Crippen molar-refractivity contribution in [2.75, 3.05) is 24.3 Å². The Labute approximate surface area is 191 Å². The van der Waals surface area contributed by atoms with Crippen molar-refractivity contribution in [3.8, 4) is 11.5 Å². The molecule has 0 atom stereocenters. The Kier molecular flexibility index (Phi) is 5.77. The van der Waals surface area contributed by atoms with E-state index in [9.17, 15) is 4.79 Å². The Balaban J connectivity index is 1.29. The second-order valence-electron chi connectivity index (χ2n) is 7.82. The van der Waals surface area contributed by atoms with Crippen molar-refractivity contribution < 1.29 is 14.3 Å². The molecule has 4 aromatic rings. The number of carbonyl (C=O) groups excluding carboxylic acids is 1. The van der Waals surface area contributed by atoms with Gasteiger partial charge in [0.1, 0.15) is 13.2 Å². The average Bonchev–Trinajstić information content (AvgIpc) is 3.15. The molecule has 0 fully saturated rings. The molecule has 6 heteroatoms. The SMILES string of the molecule is Cc1cccc(Cn2cc(SCC(=O)Nc3ccc4c(c3)OCCO4)c3ccccc32)c1. The first-order valence-electron chi connectivity index (χ1n) is 10.6. The Hall–Kier alpha value is -3.38. The van der Waals surface area contributed by atoms with Crippen LogP contribution in [0.25, 0.3) is 10.9 Å². The molecule has 5 nitrogen and oxygen atoms in total. The summed E-state index contributed by atoms with van der Waals surface area (Å²) in [6.45, 7) is 3.98. The zero-order valence-electron chi connectivity index (χ0n) is 17.8. The van der Waals surface area contributed by atoms with E-state index in [1.807, 2.05) is 24.3 Å². The molecular formula is C26H24N2O3S. The Bertz CT molecular complexity index is 1280. The third-order valence-corrected chi connectivity index (χ3v) is 6.41. The summed E-state index contributed by atoms with van der Waals surface area (Å²) in [6.07, 6.45) is 2.15. The fourth-order valence-electron chi connectivity index (χ4n) is 3.93. The molecule has 2 heterocycles. The molecule has 0 unspecified atom stereocenters. The Morgan fingerprint density at radius 3 is 2.72 bits per heavy atom. The lowest BCUT2D eigenvalue weighted by Gasteiger charge is -2.19. The molecule has 32 heavy (non-hydrogen) atoms. The molecule has 1 N–H and O–H groups in total. The summed E-state index contributed by atoms with van der Waals surface area (Å²) in [4.78, 5) is 13.7. The van der Waals surface area contributed by atoms with Gasteiger partial charge in [0.05, 0.1) is 5.75 Å². The number of ether oxygens (including phenoxy) is 2. The van der Waals surface area contributed by atoms with Gasteiger partial charge in [-0.05, 0) is 30.7 Å². The minimum Gasteiger partial charge on any atom is -0.486 e. The van der Waals surface area contributed by atoms with E-state index in [1.165, 1.54) is 16.6 Å². The van der Waals surface area contributed by atoms with Crippen LogP contribution >= 0.6 is 11.8 Å². The lowest BCUT2D eigenvalue weighted by molar-refractivity contribution is -0.113. The molecule has 0 saturated heterocycles. The second-order valence-corrected chi connectivity index (χ2v) is 8.84. The van der Waals surface area contributed by atoms with Crippen molar-refractivity contribution in [2.45, 2.75) is 18.4 Å². The quantitative estimate of drug-likeness (QED) is 0.399. The van der Waals surface area contributed by atoms with Gasteiger partial charge in [0, 0.05) is 40.3 Å². The van der Waals surface area contributed by atoms with Crippen molar-refractivity contribution in [1.82, 2.24) is 4.57 Å². The van der Waals surface area contributed by atoms with Crippen LogP contribution in [0.3, 0.4) is 0 Å². The summed E-state index contributed by atoms with van der Waals surface area (Å²) in [7, 11) is 0. The van der Waals surface area contributed by atoms with Crippen molar-refractivity contribution in [3.63, 3.8) is 0 Å². The van der Waals surface area contributed by atoms with E-state index in [1.54, 1.807) is 11.8 Å². The first-order valence-corrected chi connectivity index (χ1v) is 11.6. The number of nitrogens with one attached hydrogen (secondary N) is 1. The zero-order chi connectivity index (χ0) is 21.9. The average molecular weight is 445 g/mol. The molecule has 1 aliphatic rings. The summed E-state index contributed by atoms with van der Waals surface area (Å²) in [5.74, 6) is 1.65. The maximum atomic E-state index is 12.6. The minimum absolute atomic E-state index is 0.0535. The minimum atomic E-state index is -0.0535. The molecule has 0 saturated carbocycles. The van der Waals surface area contributed by atoms with Crippen molar-refractivity contribution >= 4 is 34.3 Å². The van der Waals surface area contributed by atoms with Crippen molar-refractivity contribution in [1.29, 1.82) is 0 Å². The normalized spacial score (nSPS) is 12.7. The van der Waals surface area contributed by atoms with E-state index in [-0.39, 0.29) is 5.91 Å². The van der Waals surface area contributed by atoms with Crippen molar-refractivity contribution in [2.24, 2.45) is 0 Å². The summed E-state index contributed by atoms with van der Waals surface area (Å²) in [6, 6.07) is 22.4. The standard InChI is InChI=1S/C26H24N2O3S/c1-18-5-4-6-19(13-18)15-28-16-25(21-7-2-3-8-22(21)28)32-17-26(29)27-20-9-10-23-24(14-20)31-12-11-30-23/h2-10,13-14,16H,11-12,15,17H2,1H3,(H,27,29). The number of amides is 1. The number of para-hydroxylation sites is 1. The number of rotatable bonds is 6. The number of hydrogen-bond donors (Lipinski definition) is 1. The number of aromatic nitrogens is 1. The molecular weight excluding hydrogens is 420 g/mol. The van der Waals surface area contributed by atoms with Gasteiger partial charge in [-0.1, -0.05) is 48.0 Å². The number of anilines is 1. The molecule has 0 bridgehead atoms. The first kappa shape index (κ1) is 20.5. The van der Waals surface area contributed by atoms with Crippen LogP contribution in [0.2, 0.25) is 0 Å². The van der Waals surface area contributed by atoms with Crippen LogP contribution in [0.4, 0.5) is 5.69 Å². The van der Waals surface area contributed by atoms with Gasteiger partial charge in [-0.15, -0.1) is 11.8 Å². The van der Waals surface area contributed by atoms with Crippen LogP contribution < -0.4 is 14.8 Å². The van der Waals surface area contributed by atoms with Crippen LogP contribution in [0, 0.1) is 6.92 Å². The molecule has 0 radical (unpaired) electrons. The van der Waals surface area contributed by atoms with Gasteiger partial charge in [0.2, 0.25) is 5.91 Å². The van der Waals surface area contributed by atoms with E-state index in [0.29, 0.717) is 36.2 Å². The number of nitrogens with zero attached hydrogens (tertiary/aromatic N) is 1. The van der Waals surface area contributed by atoms with Crippen LogP contribution in [0.5, 0.6) is 11.5 Å². The van der Waals surface area contributed by atoms with Gasteiger partial charge in [-0.3, -0.25) is 4.79 Å². The van der Waals surface area contributed by atoms with Gasteiger partial charge >= 0.3 is 0 Å². The molecule has 1 aromatic heterocycles. The van der Waals surface area contributed by atoms with Gasteiger partial charge in [0.15, 0.2) is 11.5 Å². The number of thioether (sulfide) groups is 1. The summed E-state index contributed by atoms with van der Waals surface area (Å²) < 4.78 is 13.4. The molecule has 3 aromatic carbocycles. The van der Waals surface area contributed by atoms with Crippen LogP contribution in [0.1, 0.15) is 11.1 Å². The maximum absolute atomic E-state index is 12.6. The molecule has 1 aliphatic heterocycles. The molecule has 162 valence electrons. The molecule has 1 amide bonds. The summed E-state index contributed by atoms with van der Waals surface area (Å²) in [5, 5.41) is 4.13. The third-order valence-electron chi connectivity index (χ3n) is 5.37. The Morgan fingerprint density at radius 1 is 1.00 bits per heavy atom. The predicted molar refractivity (Wildman–Crippen MR) is 129 cm³/mol. The first-order chi connectivity index (χ1) is 15.7. The lowest BCUT2D eigenvalue weighted by Crippen LogP contribution is -2.17. The topological polar surface area (TPSA) is 52.5 Å². The zero-order valence-corrected chi connectivity index (χ0v) is 18.7. The van der Waals surface area contributed by atoms with Crippen molar-refractivity contribution in [3.05, 3.63) is 84.1 Å². The predicted octanol–water partition coefficient (Wildman–Crippen LogP) is 5.50. The van der Waals surface area contributed by atoms with Crippen LogP contribution in [-0.4, -0.2) is 29.4 Å². The summed E-state index contributed by atoms with van der Waals surface area (Å²) >= 11 is 1.55. The molecule has 0 aliphatic carbocycles. The monoisotopic (exact) mass is 444 g/mol. The number of fused-ring (bicyclic) bond motifs is 2. The Morgan fingerprint density at radius 2 is 1.84 bits per heavy atom. The van der Waals surface area contributed by atoms with Gasteiger partial charge in [-0.2, -0.15) is 0 Å². The van der Waals surface area contributed by atoms with E-state index < -0.39 is 0 Å². The van der Waals surface area contributed by atoms with Gasteiger partial charge in [0.25, 0.3) is 0 Å². The van der Waals surface area contributed by atoms with E-state index in [0.717, 1.165) is 16.8 Å². The summed E-state index contributed by atoms with van der Waals surface area (Å²) in [5.41, 5.74) is 4.40. The molecule has 0 spiro atoms. The fraction of sp³-hybridized carbons (Fsp3) is 0.192. The van der Waals surface area contributed by atoms with Crippen LogP contribution in [-0.2, 0) is 11.3 Å². The third kappa shape index (κ3) is 4.46. The highest BCUT2D eigenvalue weighted by Gasteiger charge is 2.14. The number of hydrogen-bond acceptors (Lipinski definition) is 4. The number of aryl methyl sites for hydroxylation is 1. The maximum Gasteiger partial charge on any atom is 0.234 e. The van der Waals surface area contributed by atoms with E-state index in [4.69, 9.17) is 9.47 Å². The highest BCUT2D eigenvalue weighted by molar-refractivity contribution is 8.00. The number of carbonyl (C=O) groups is 1. The van der Waals surface area contributed by atoms with E-state index >= 15 is 0 Å². The lowest BCUT2D eigenvalue weighted by atomic mass is 10.1. The highest BCUT2D eigenvalue weighted by Crippen LogP contribution is 2.33. The largest absolute Gasteiger partial charge is 0.486 e. The van der Waals surface area contributed by atoms with Gasteiger partial charge in [-0.25, -0.2) is 0 Å². The van der Waals surface area contributed by atoms with Gasteiger partial charge < -0.3 is 19.4 Å². The van der Waals surface area contributed by atoms with Crippen LogP contribution in [0.15, 0.2) is 77.8 Å².